The summed E-state index contributed by atoms with van der Waals surface area (Å²) in [5.41, 5.74) is 2.37. The first-order valence-electron chi connectivity index (χ1n) is 6.05. The number of aromatic nitrogens is 2. The van der Waals surface area contributed by atoms with Gasteiger partial charge in [0.1, 0.15) is 11.6 Å². The first kappa shape index (κ1) is 13.1. The van der Waals surface area contributed by atoms with Crippen LogP contribution in [0.15, 0.2) is 6.20 Å². The Bertz CT molecular complexity index is 665. The van der Waals surface area contributed by atoms with Crippen molar-refractivity contribution in [2.75, 3.05) is 7.11 Å². The number of fused-ring (bicyclic) bond motifs is 1. The molecule has 2 rings (SSSR count). The van der Waals surface area contributed by atoms with E-state index >= 15 is 0 Å². The third-order valence-corrected chi connectivity index (χ3v) is 2.96. The average molecular weight is 257 g/mol. The number of nitrogens with zero attached hydrogens (tertiary/aromatic N) is 2. The molecule has 5 heteroatoms. The van der Waals surface area contributed by atoms with Gasteiger partial charge < -0.3 is 9.72 Å². The largest absolute Gasteiger partial charge is 0.480 e. The van der Waals surface area contributed by atoms with E-state index in [1.54, 1.807) is 6.20 Å². The molecule has 0 unspecified atom stereocenters. The first-order chi connectivity index (χ1) is 9.12. The molecule has 0 atom stereocenters. The molecule has 19 heavy (non-hydrogen) atoms. The minimum absolute atomic E-state index is 0.268. The predicted molar refractivity (Wildman–Crippen MR) is 71.3 cm³/mol. The molecule has 0 aromatic carbocycles. The highest BCUT2D eigenvalue weighted by atomic mass is 16.5. The molecule has 0 saturated heterocycles. The number of carbonyl (C=O) groups is 1. The molecular weight excluding hydrogens is 242 g/mol. The molecule has 0 aliphatic carbocycles. The number of carbonyl (C=O) groups excluding carboxylic acids is 1. The Kier molecular flexibility index (Phi) is 3.52. The summed E-state index contributed by atoms with van der Waals surface area (Å²) >= 11 is 0. The zero-order valence-corrected chi connectivity index (χ0v) is 11.2. The quantitative estimate of drug-likeness (QED) is 0.853. The van der Waals surface area contributed by atoms with Gasteiger partial charge in [-0.3, -0.25) is 4.79 Å². The molecule has 2 heterocycles. The summed E-state index contributed by atoms with van der Waals surface area (Å²) in [6, 6.07) is 2.18. The summed E-state index contributed by atoms with van der Waals surface area (Å²) in [4.78, 5) is 18.4. The van der Waals surface area contributed by atoms with Crippen LogP contribution in [-0.2, 0) is 6.42 Å². The Labute approximate surface area is 111 Å². The van der Waals surface area contributed by atoms with E-state index in [2.05, 4.69) is 29.9 Å². The van der Waals surface area contributed by atoms with Crippen LogP contribution in [0.4, 0.5) is 0 Å². The Morgan fingerprint density at radius 3 is 2.84 bits per heavy atom. The molecule has 2 aromatic rings. The lowest BCUT2D eigenvalue weighted by Gasteiger charge is -2.02. The lowest BCUT2D eigenvalue weighted by atomic mass is 10.0. The van der Waals surface area contributed by atoms with Crippen LogP contribution in [0.2, 0.25) is 0 Å². The van der Waals surface area contributed by atoms with Gasteiger partial charge in [-0.25, -0.2) is 4.98 Å². The van der Waals surface area contributed by atoms with E-state index in [0.717, 1.165) is 12.1 Å². The minimum Gasteiger partial charge on any atom is -0.480 e. The minimum atomic E-state index is 0.268. The van der Waals surface area contributed by atoms with Crippen LogP contribution in [0.5, 0.6) is 5.88 Å². The Morgan fingerprint density at radius 1 is 1.58 bits per heavy atom. The van der Waals surface area contributed by atoms with Gasteiger partial charge in [0.15, 0.2) is 6.29 Å². The van der Waals surface area contributed by atoms with E-state index in [0.29, 0.717) is 34.2 Å². The number of nitriles is 1. The third kappa shape index (κ3) is 2.17. The zero-order valence-electron chi connectivity index (χ0n) is 11.2. The zero-order chi connectivity index (χ0) is 14.0. The Morgan fingerprint density at radius 2 is 2.32 bits per heavy atom. The van der Waals surface area contributed by atoms with Gasteiger partial charge in [-0.15, -0.1) is 0 Å². The molecule has 0 saturated carbocycles. The smallest absolute Gasteiger partial charge is 0.225 e. The molecule has 5 nitrogen and oxygen atoms in total. The molecule has 0 aliphatic heterocycles. The van der Waals surface area contributed by atoms with Crippen LogP contribution in [-0.4, -0.2) is 23.4 Å². The number of rotatable bonds is 4. The third-order valence-electron chi connectivity index (χ3n) is 2.96. The summed E-state index contributed by atoms with van der Waals surface area (Å²) in [5.74, 6) is 0.680. The van der Waals surface area contributed by atoms with E-state index in [1.165, 1.54) is 7.11 Å². The van der Waals surface area contributed by atoms with Gasteiger partial charge >= 0.3 is 0 Å². The second-order valence-electron chi connectivity index (χ2n) is 4.78. The molecule has 0 radical (unpaired) electrons. The van der Waals surface area contributed by atoms with Crippen molar-refractivity contribution in [3.05, 3.63) is 23.0 Å². The number of methoxy groups -OCH3 is 1. The van der Waals surface area contributed by atoms with Crippen molar-refractivity contribution in [3.63, 3.8) is 0 Å². The number of ether oxygens (including phenoxy) is 1. The van der Waals surface area contributed by atoms with E-state index in [1.807, 2.05) is 0 Å². The van der Waals surface area contributed by atoms with E-state index in [9.17, 15) is 10.1 Å². The van der Waals surface area contributed by atoms with Crippen molar-refractivity contribution in [3.8, 4) is 11.9 Å². The van der Waals surface area contributed by atoms with Gasteiger partial charge in [-0.1, -0.05) is 13.8 Å². The van der Waals surface area contributed by atoms with Gasteiger partial charge in [-0.05, 0) is 12.3 Å². The van der Waals surface area contributed by atoms with E-state index in [-0.39, 0.29) is 5.88 Å². The standard InChI is InChI=1S/C14H15N3O2/c1-8(2)4-12-9(5-15)10-6-16-14(19-3)11(7-18)13(10)17-12/h6-8,17H,4H2,1-3H3. The van der Waals surface area contributed by atoms with Crippen molar-refractivity contribution in [2.45, 2.75) is 20.3 Å². The second kappa shape index (κ2) is 5.11. The number of H-pyrrole nitrogens is 1. The molecule has 98 valence electrons. The predicted octanol–water partition coefficient (Wildman–Crippen LogP) is 2.45. The molecular formula is C14H15N3O2. The van der Waals surface area contributed by atoms with Crippen LogP contribution in [0, 0.1) is 17.2 Å². The number of hydrogen-bond donors (Lipinski definition) is 1. The summed E-state index contributed by atoms with van der Waals surface area (Å²) < 4.78 is 5.06. The van der Waals surface area contributed by atoms with Crippen LogP contribution >= 0.6 is 0 Å². The lowest BCUT2D eigenvalue weighted by Crippen LogP contribution is -1.96. The highest BCUT2D eigenvalue weighted by Crippen LogP contribution is 2.29. The number of aldehydes is 1. The van der Waals surface area contributed by atoms with E-state index in [4.69, 9.17) is 4.74 Å². The van der Waals surface area contributed by atoms with Crippen molar-refractivity contribution >= 4 is 17.2 Å². The summed E-state index contributed by atoms with van der Waals surface area (Å²) in [5, 5.41) is 9.96. The first-order valence-corrected chi connectivity index (χ1v) is 6.05. The monoisotopic (exact) mass is 257 g/mol. The molecule has 0 spiro atoms. The van der Waals surface area contributed by atoms with Crippen LogP contribution in [0.1, 0.15) is 35.5 Å². The molecule has 1 N–H and O–H groups in total. The summed E-state index contributed by atoms with van der Waals surface area (Å²) in [6.07, 6.45) is 3.02. The van der Waals surface area contributed by atoms with Gasteiger partial charge in [0.2, 0.25) is 5.88 Å². The topological polar surface area (TPSA) is 78.8 Å². The number of aromatic amines is 1. The maximum Gasteiger partial charge on any atom is 0.225 e. The normalized spacial score (nSPS) is 10.7. The Balaban J connectivity index is 2.75. The molecule has 0 amide bonds. The van der Waals surface area contributed by atoms with Crippen molar-refractivity contribution in [1.29, 1.82) is 5.26 Å². The van der Waals surface area contributed by atoms with Gasteiger partial charge in [-0.2, -0.15) is 5.26 Å². The fraction of sp³-hybridized carbons (Fsp3) is 0.357. The van der Waals surface area contributed by atoms with Crippen LogP contribution in [0.3, 0.4) is 0 Å². The SMILES string of the molecule is COc1ncc2c(C#N)c(CC(C)C)[nH]c2c1C=O. The van der Waals surface area contributed by atoms with Crippen molar-refractivity contribution < 1.29 is 9.53 Å². The maximum atomic E-state index is 11.2. The fourth-order valence-corrected chi connectivity index (χ4v) is 2.17. The van der Waals surface area contributed by atoms with Gasteiger partial charge in [0, 0.05) is 17.3 Å². The van der Waals surface area contributed by atoms with E-state index < -0.39 is 0 Å². The number of nitrogens with one attached hydrogen (secondary N) is 1. The summed E-state index contributed by atoms with van der Waals surface area (Å²) in [7, 11) is 1.46. The number of hydrogen-bond acceptors (Lipinski definition) is 4. The highest BCUT2D eigenvalue weighted by Gasteiger charge is 2.18. The fourth-order valence-electron chi connectivity index (χ4n) is 2.17. The molecule has 0 bridgehead atoms. The van der Waals surface area contributed by atoms with Gasteiger partial charge in [0.25, 0.3) is 0 Å². The average Bonchev–Trinajstić information content (AvgIpc) is 2.73. The molecule has 0 fully saturated rings. The Hall–Kier alpha value is -2.35. The lowest BCUT2D eigenvalue weighted by molar-refractivity contribution is 0.112. The highest BCUT2D eigenvalue weighted by molar-refractivity contribution is 6.00. The van der Waals surface area contributed by atoms with Crippen molar-refractivity contribution in [1.82, 2.24) is 9.97 Å². The van der Waals surface area contributed by atoms with Crippen LogP contribution < -0.4 is 4.74 Å². The van der Waals surface area contributed by atoms with Gasteiger partial charge in [0.05, 0.1) is 18.2 Å². The summed E-state index contributed by atoms with van der Waals surface area (Å²) in [6.45, 7) is 4.15. The maximum absolute atomic E-state index is 11.2. The molecule has 2 aromatic heterocycles. The molecule has 0 aliphatic rings. The second-order valence-corrected chi connectivity index (χ2v) is 4.78. The van der Waals surface area contributed by atoms with Crippen molar-refractivity contribution in [2.24, 2.45) is 5.92 Å². The van der Waals surface area contributed by atoms with Crippen LogP contribution in [0.25, 0.3) is 10.9 Å². The number of pyridine rings is 1.